The normalized spacial score (nSPS) is 18.7. The fraction of sp³-hybridized carbons (Fsp3) is 0.333. The number of nitrogens with zero attached hydrogens (tertiary/aromatic N) is 1. The lowest BCUT2D eigenvalue weighted by molar-refractivity contribution is -0.178. The number of esters is 1. The van der Waals surface area contributed by atoms with Crippen LogP contribution in [0.4, 0.5) is 0 Å². The van der Waals surface area contributed by atoms with Gasteiger partial charge in [-0.1, -0.05) is 91.0 Å². The van der Waals surface area contributed by atoms with Crippen molar-refractivity contribution in [2.75, 3.05) is 6.54 Å². The van der Waals surface area contributed by atoms with Crippen molar-refractivity contribution in [3.05, 3.63) is 108 Å². The van der Waals surface area contributed by atoms with Crippen LogP contribution in [-0.4, -0.2) is 28.9 Å². The minimum atomic E-state index is -1.26. The first kappa shape index (κ1) is 23.7. The Kier molecular flexibility index (Phi) is 6.87. The van der Waals surface area contributed by atoms with Crippen molar-refractivity contribution in [2.45, 2.75) is 51.7 Å². The van der Waals surface area contributed by atoms with Crippen molar-refractivity contribution < 1.29 is 14.3 Å². The summed E-state index contributed by atoms with van der Waals surface area (Å²) in [6.07, 6.45) is 1.53. The van der Waals surface area contributed by atoms with Crippen molar-refractivity contribution in [1.29, 1.82) is 0 Å². The van der Waals surface area contributed by atoms with Crippen molar-refractivity contribution in [3.8, 4) is 0 Å². The van der Waals surface area contributed by atoms with Crippen LogP contribution in [0.1, 0.15) is 56.3 Å². The van der Waals surface area contributed by atoms with Crippen LogP contribution in [0.25, 0.3) is 0 Å². The molecule has 0 unspecified atom stereocenters. The predicted octanol–water partition coefficient (Wildman–Crippen LogP) is 5.97. The highest BCUT2D eigenvalue weighted by Gasteiger charge is 2.53. The van der Waals surface area contributed by atoms with Crippen LogP contribution in [0.5, 0.6) is 0 Å². The third-order valence-electron chi connectivity index (χ3n) is 6.35. The van der Waals surface area contributed by atoms with E-state index in [-0.39, 0.29) is 11.9 Å². The number of carbonyl (C=O) groups is 2. The van der Waals surface area contributed by atoms with E-state index in [1.54, 1.807) is 0 Å². The van der Waals surface area contributed by atoms with Crippen LogP contribution in [-0.2, 0) is 20.7 Å². The molecule has 4 rings (SSSR count). The van der Waals surface area contributed by atoms with Crippen LogP contribution in [0.15, 0.2) is 91.0 Å². The van der Waals surface area contributed by atoms with Crippen LogP contribution < -0.4 is 0 Å². The van der Waals surface area contributed by atoms with Gasteiger partial charge in [0.05, 0.1) is 6.04 Å². The molecule has 3 aromatic carbocycles. The third kappa shape index (κ3) is 5.06. The molecular formula is C30H33NO3. The number of hydrogen-bond donors (Lipinski definition) is 0. The maximum absolute atomic E-state index is 14.4. The number of amides is 1. The van der Waals surface area contributed by atoms with Gasteiger partial charge in [-0.2, -0.15) is 0 Å². The van der Waals surface area contributed by atoms with Crippen molar-refractivity contribution in [1.82, 2.24) is 4.90 Å². The molecule has 1 fully saturated rings. The summed E-state index contributed by atoms with van der Waals surface area (Å²) in [5.74, 6) is -0.590. The minimum Gasteiger partial charge on any atom is -0.459 e. The molecule has 1 saturated heterocycles. The first-order valence-electron chi connectivity index (χ1n) is 12.0. The molecule has 4 heteroatoms. The highest BCUT2D eigenvalue weighted by Crippen LogP contribution is 2.42. The summed E-state index contributed by atoms with van der Waals surface area (Å²) in [6, 6.07) is 29.6. The third-order valence-corrected chi connectivity index (χ3v) is 6.35. The van der Waals surface area contributed by atoms with E-state index in [0.717, 1.165) is 23.1 Å². The SMILES string of the molecule is CC(C)(C)OC(=O)[C@]1(Cc2ccccc2)CCCN(C(c2ccccc2)c2ccccc2)C1=O. The van der Waals surface area contributed by atoms with Gasteiger partial charge in [-0.05, 0) is 56.7 Å². The van der Waals surface area contributed by atoms with Gasteiger partial charge in [0.25, 0.3) is 0 Å². The lowest BCUT2D eigenvalue weighted by Crippen LogP contribution is -2.56. The molecule has 1 heterocycles. The van der Waals surface area contributed by atoms with Gasteiger partial charge in [0, 0.05) is 6.54 Å². The van der Waals surface area contributed by atoms with Gasteiger partial charge < -0.3 is 9.64 Å². The molecule has 0 bridgehead atoms. The maximum Gasteiger partial charge on any atom is 0.322 e. The molecule has 1 amide bonds. The Morgan fingerprint density at radius 3 is 1.88 bits per heavy atom. The molecule has 0 radical (unpaired) electrons. The van der Waals surface area contributed by atoms with Crippen LogP contribution in [0.3, 0.4) is 0 Å². The van der Waals surface area contributed by atoms with E-state index in [4.69, 9.17) is 4.74 Å². The summed E-state index contributed by atoms with van der Waals surface area (Å²) in [5.41, 5.74) is 1.08. The maximum atomic E-state index is 14.4. The summed E-state index contributed by atoms with van der Waals surface area (Å²) < 4.78 is 5.88. The van der Waals surface area contributed by atoms with Crippen molar-refractivity contribution in [3.63, 3.8) is 0 Å². The topological polar surface area (TPSA) is 46.6 Å². The fourth-order valence-corrected chi connectivity index (χ4v) is 4.85. The molecule has 4 nitrogen and oxygen atoms in total. The van der Waals surface area contributed by atoms with E-state index in [9.17, 15) is 9.59 Å². The molecular weight excluding hydrogens is 422 g/mol. The average Bonchev–Trinajstić information content (AvgIpc) is 2.82. The summed E-state index contributed by atoms with van der Waals surface area (Å²) in [6.45, 7) is 6.14. The van der Waals surface area contributed by atoms with Crippen molar-refractivity contribution in [2.24, 2.45) is 5.41 Å². The number of benzene rings is 3. The molecule has 3 aromatic rings. The Morgan fingerprint density at radius 2 is 1.38 bits per heavy atom. The van der Waals surface area contributed by atoms with Gasteiger partial charge in [-0.15, -0.1) is 0 Å². The van der Waals surface area contributed by atoms with E-state index in [1.807, 2.05) is 117 Å². The first-order valence-corrected chi connectivity index (χ1v) is 12.0. The fourth-order valence-electron chi connectivity index (χ4n) is 4.85. The van der Waals surface area contributed by atoms with Gasteiger partial charge >= 0.3 is 5.97 Å². The Balaban J connectivity index is 1.79. The molecule has 0 aliphatic carbocycles. The van der Waals surface area contributed by atoms with Gasteiger partial charge in [0.15, 0.2) is 5.41 Å². The smallest absolute Gasteiger partial charge is 0.322 e. The largest absolute Gasteiger partial charge is 0.459 e. The lowest BCUT2D eigenvalue weighted by atomic mass is 9.73. The summed E-state index contributed by atoms with van der Waals surface area (Å²) in [7, 11) is 0. The standard InChI is InChI=1S/C30H33NO3/c1-29(2,3)34-28(33)30(22-23-14-7-4-8-15-23)20-13-21-31(27(30)32)26(24-16-9-5-10-17-24)25-18-11-6-12-19-25/h4-12,14-19,26H,13,20-22H2,1-3H3/t30-/m0/s1. The number of hydrogen-bond acceptors (Lipinski definition) is 3. The molecule has 1 aliphatic rings. The van der Waals surface area contributed by atoms with Gasteiger partial charge in [0.2, 0.25) is 5.91 Å². The number of ether oxygens (including phenoxy) is 1. The van der Waals surface area contributed by atoms with Crippen LogP contribution >= 0.6 is 0 Å². The molecule has 0 saturated carbocycles. The Labute approximate surface area is 202 Å². The van der Waals surface area contributed by atoms with Crippen LogP contribution in [0.2, 0.25) is 0 Å². The zero-order chi connectivity index (χ0) is 24.2. The molecule has 176 valence electrons. The molecule has 1 atom stereocenters. The van der Waals surface area contributed by atoms with Gasteiger partial charge in [-0.3, -0.25) is 9.59 Å². The summed E-state index contributed by atoms with van der Waals surface area (Å²) in [5, 5.41) is 0. The lowest BCUT2D eigenvalue weighted by Gasteiger charge is -2.44. The van der Waals surface area contributed by atoms with E-state index < -0.39 is 17.0 Å². The summed E-state index contributed by atoms with van der Waals surface area (Å²) >= 11 is 0. The highest BCUT2D eigenvalue weighted by atomic mass is 16.6. The minimum absolute atomic E-state index is 0.158. The number of piperidine rings is 1. The second-order valence-electron chi connectivity index (χ2n) is 10.1. The number of carbonyl (C=O) groups excluding carboxylic acids is 2. The van der Waals surface area contributed by atoms with E-state index in [0.29, 0.717) is 19.4 Å². The second-order valence-corrected chi connectivity index (χ2v) is 10.1. The Morgan fingerprint density at radius 1 is 0.882 bits per heavy atom. The van der Waals surface area contributed by atoms with Crippen molar-refractivity contribution >= 4 is 11.9 Å². The molecule has 1 aliphatic heterocycles. The Bertz CT molecular complexity index is 1070. The molecule has 0 spiro atoms. The Hall–Kier alpha value is -3.40. The zero-order valence-electron chi connectivity index (χ0n) is 20.2. The first-order chi connectivity index (χ1) is 16.3. The summed E-state index contributed by atoms with van der Waals surface area (Å²) in [4.78, 5) is 30.0. The predicted molar refractivity (Wildman–Crippen MR) is 134 cm³/mol. The van der Waals surface area contributed by atoms with Gasteiger partial charge in [-0.25, -0.2) is 0 Å². The highest BCUT2D eigenvalue weighted by molar-refractivity contribution is 6.04. The molecule has 0 aromatic heterocycles. The quantitative estimate of drug-likeness (QED) is 0.340. The molecule has 34 heavy (non-hydrogen) atoms. The van der Waals surface area contributed by atoms with Gasteiger partial charge in [0.1, 0.15) is 5.60 Å². The average molecular weight is 456 g/mol. The monoisotopic (exact) mass is 455 g/mol. The molecule has 0 N–H and O–H groups in total. The number of rotatable bonds is 6. The van der Waals surface area contributed by atoms with E-state index in [2.05, 4.69) is 0 Å². The zero-order valence-corrected chi connectivity index (χ0v) is 20.2. The second kappa shape index (κ2) is 9.84. The van der Waals surface area contributed by atoms with E-state index in [1.165, 1.54) is 0 Å². The van der Waals surface area contributed by atoms with E-state index >= 15 is 0 Å². The number of likely N-dealkylation sites (tertiary alicyclic amines) is 1. The van der Waals surface area contributed by atoms with Crippen LogP contribution in [0, 0.1) is 5.41 Å².